The average Bonchev–Trinajstić information content (AvgIpc) is 3.91. The quantitative estimate of drug-likeness (QED) is 0.229. The van der Waals surface area contributed by atoms with E-state index >= 15 is 4.39 Å². The number of carbonyl (C=O) groups excluding carboxylic acids is 1. The van der Waals surface area contributed by atoms with E-state index in [0.717, 1.165) is 44.8 Å². The molecule has 7 rings (SSSR count). The Morgan fingerprint density at radius 1 is 1.09 bits per heavy atom. The van der Waals surface area contributed by atoms with E-state index in [1.165, 1.54) is 30.6 Å². The number of piperazine rings is 1. The van der Waals surface area contributed by atoms with Crippen LogP contribution < -0.4 is 16.4 Å². The molecular formula is C31H32F4N8O. The van der Waals surface area contributed by atoms with Crippen LogP contribution in [0.2, 0.25) is 0 Å². The highest BCUT2D eigenvalue weighted by Gasteiger charge is 2.49. The summed E-state index contributed by atoms with van der Waals surface area (Å²) >= 11 is 0. The molecular weight excluding hydrogens is 576 g/mol. The lowest BCUT2D eigenvalue weighted by atomic mass is 10.0. The Labute approximate surface area is 251 Å². The molecule has 1 aliphatic heterocycles. The maximum Gasteiger partial charge on any atom is 0.416 e. The van der Waals surface area contributed by atoms with Crippen LogP contribution in [0.25, 0.3) is 22.2 Å². The zero-order valence-corrected chi connectivity index (χ0v) is 24.1. The van der Waals surface area contributed by atoms with Gasteiger partial charge >= 0.3 is 12.2 Å². The van der Waals surface area contributed by atoms with E-state index in [2.05, 4.69) is 37.4 Å². The highest BCUT2D eigenvalue weighted by molar-refractivity contribution is 6.02. The number of benzene rings is 2. The van der Waals surface area contributed by atoms with Gasteiger partial charge < -0.3 is 20.9 Å². The van der Waals surface area contributed by atoms with Gasteiger partial charge in [0.2, 0.25) is 0 Å². The first-order chi connectivity index (χ1) is 21.0. The third-order valence-corrected chi connectivity index (χ3v) is 9.08. The molecule has 2 saturated carbocycles. The van der Waals surface area contributed by atoms with E-state index < -0.39 is 23.6 Å². The van der Waals surface area contributed by atoms with E-state index in [9.17, 15) is 18.0 Å². The maximum absolute atomic E-state index is 15.2. The maximum atomic E-state index is 15.2. The molecule has 4 aromatic rings. The van der Waals surface area contributed by atoms with Crippen LogP contribution >= 0.6 is 0 Å². The molecule has 2 aromatic carbocycles. The van der Waals surface area contributed by atoms with Crippen molar-refractivity contribution in [1.82, 2.24) is 24.3 Å². The number of hydrogen-bond acceptors (Lipinski definition) is 6. The molecule has 3 aliphatic rings. The molecule has 0 radical (unpaired) electrons. The molecule has 2 amide bonds. The van der Waals surface area contributed by atoms with Crippen LogP contribution in [0.3, 0.4) is 0 Å². The van der Waals surface area contributed by atoms with Gasteiger partial charge in [-0.3, -0.25) is 9.80 Å². The number of carbonyl (C=O) groups is 1. The van der Waals surface area contributed by atoms with Crippen LogP contribution in [-0.2, 0) is 12.7 Å². The second kappa shape index (κ2) is 10.4. The van der Waals surface area contributed by atoms with Crippen LogP contribution in [0, 0.1) is 5.82 Å². The van der Waals surface area contributed by atoms with Crippen LogP contribution in [-0.4, -0.2) is 62.6 Å². The zero-order valence-electron chi connectivity index (χ0n) is 24.1. The topological polar surface area (TPSA) is 104 Å². The summed E-state index contributed by atoms with van der Waals surface area (Å²) < 4.78 is 59.5. The van der Waals surface area contributed by atoms with Gasteiger partial charge in [-0.2, -0.15) is 13.2 Å². The molecule has 44 heavy (non-hydrogen) atoms. The Hall–Kier alpha value is -4.23. The number of hydrogen-bond donors (Lipinski definition) is 3. The monoisotopic (exact) mass is 608 g/mol. The number of fused-ring (bicyclic) bond motifs is 1. The van der Waals surface area contributed by atoms with Gasteiger partial charge in [0.05, 0.1) is 16.6 Å². The fraction of sp³-hybridized carbons (Fsp3) is 0.387. The third-order valence-electron chi connectivity index (χ3n) is 9.08. The summed E-state index contributed by atoms with van der Waals surface area (Å²) in [4.78, 5) is 25.6. The summed E-state index contributed by atoms with van der Waals surface area (Å²) in [5.74, 6) is -0.432. The van der Waals surface area contributed by atoms with Gasteiger partial charge in [-0.05, 0) is 68.1 Å². The Bertz CT molecular complexity index is 1760. The minimum atomic E-state index is -4.60. The number of likely N-dealkylation sites (N-methyl/N-ethyl adjacent to an activating group) is 1. The summed E-state index contributed by atoms with van der Waals surface area (Å²) in [6, 6.07) is 7.52. The van der Waals surface area contributed by atoms with Crippen molar-refractivity contribution >= 4 is 34.3 Å². The van der Waals surface area contributed by atoms with Gasteiger partial charge in [0.25, 0.3) is 0 Å². The van der Waals surface area contributed by atoms with Gasteiger partial charge in [0.1, 0.15) is 23.6 Å². The van der Waals surface area contributed by atoms with E-state index in [1.807, 2.05) is 10.8 Å². The minimum Gasteiger partial charge on any atom is -0.383 e. The van der Waals surface area contributed by atoms with Gasteiger partial charge in [-0.25, -0.2) is 19.2 Å². The number of urea groups is 1. The summed E-state index contributed by atoms with van der Waals surface area (Å²) in [5, 5.41) is 5.45. The Kier molecular flexibility index (Phi) is 6.77. The van der Waals surface area contributed by atoms with Crippen molar-refractivity contribution in [3.05, 3.63) is 65.9 Å². The molecule has 4 N–H and O–H groups in total. The first-order valence-electron chi connectivity index (χ1n) is 14.6. The largest absolute Gasteiger partial charge is 0.416 e. The van der Waals surface area contributed by atoms with Crippen LogP contribution in [0.1, 0.15) is 42.9 Å². The third kappa shape index (κ3) is 5.34. The molecule has 2 aliphatic carbocycles. The molecule has 3 fully saturated rings. The SMILES string of the molecule is CN1CCN(Cc2ccc(NC(=O)Nc3ccc(-c4cn(C5CC5)c5ncnc(N)c45)cc3F)cc2C(F)(F)F)CC12CC2. The second-order valence-electron chi connectivity index (χ2n) is 12.1. The van der Waals surface area contributed by atoms with Crippen molar-refractivity contribution in [2.24, 2.45) is 0 Å². The number of aromatic nitrogens is 3. The smallest absolute Gasteiger partial charge is 0.383 e. The minimum absolute atomic E-state index is 0.0454. The zero-order chi connectivity index (χ0) is 30.8. The Morgan fingerprint density at radius 3 is 2.59 bits per heavy atom. The van der Waals surface area contributed by atoms with Crippen molar-refractivity contribution in [3.63, 3.8) is 0 Å². The molecule has 230 valence electrons. The fourth-order valence-corrected chi connectivity index (χ4v) is 6.29. The van der Waals surface area contributed by atoms with E-state index in [-0.39, 0.29) is 34.8 Å². The summed E-state index contributed by atoms with van der Waals surface area (Å²) in [7, 11) is 2.07. The van der Waals surface area contributed by atoms with Crippen molar-refractivity contribution in [2.45, 2.75) is 50.0 Å². The molecule has 1 spiro atoms. The Balaban J connectivity index is 1.07. The van der Waals surface area contributed by atoms with Crippen LogP contribution in [0.15, 0.2) is 48.9 Å². The Morgan fingerprint density at radius 2 is 1.89 bits per heavy atom. The second-order valence-corrected chi connectivity index (χ2v) is 12.1. The number of nitrogens with one attached hydrogen (secondary N) is 2. The number of amides is 2. The van der Waals surface area contributed by atoms with Crippen molar-refractivity contribution in [3.8, 4) is 11.1 Å². The predicted octanol–water partition coefficient (Wildman–Crippen LogP) is 6.10. The van der Waals surface area contributed by atoms with Crippen molar-refractivity contribution in [1.29, 1.82) is 0 Å². The van der Waals surface area contributed by atoms with Gasteiger partial charge in [0.15, 0.2) is 0 Å². The van der Waals surface area contributed by atoms with Gasteiger partial charge in [-0.15, -0.1) is 0 Å². The van der Waals surface area contributed by atoms with Gasteiger partial charge in [-0.1, -0.05) is 12.1 Å². The van der Waals surface area contributed by atoms with E-state index in [0.29, 0.717) is 34.7 Å². The number of anilines is 3. The molecule has 9 nitrogen and oxygen atoms in total. The first-order valence-corrected chi connectivity index (χ1v) is 14.6. The molecule has 0 unspecified atom stereocenters. The summed E-state index contributed by atoms with van der Waals surface area (Å²) in [5.41, 5.74) is 7.28. The molecule has 13 heteroatoms. The fourth-order valence-electron chi connectivity index (χ4n) is 6.29. The number of nitrogens with zero attached hydrogens (tertiary/aromatic N) is 5. The molecule has 0 atom stereocenters. The normalized spacial score (nSPS) is 18.6. The predicted molar refractivity (Wildman–Crippen MR) is 160 cm³/mol. The van der Waals surface area contributed by atoms with E-state index in [1.54, 1.807) is 6.07 Å². The number of alkyl halides is 3. The summed E-state index contributed by atoms with van der Waals surface area (Å²) in [6.45, 7) is 2.40. The molecule has 2 aromatic heterocycles. The van der Waals surface area contributed by atoms with Crippen LogP contribution in [0.4, 0.5) is 39.5 Å². The number of rotatable bonds is 6. The average molecular weight is 609 g/mol. The van der Waals surface area contributed by atoms with Crippen molar-refractivity contribution < 1.29 is 22.4 Å². The van der Waals surface area contributed by atoms with Gasteiger partial charge in [0, 0.05) is 55.2 Å². The molecule has 3 heterocycles. The molecule has 1 saturated heterocycles. The lowest BCUT2D eigenvalue weighted by Gasteiger charge is -2.40. The standard InChI is InChI=1S/C31H32F4N8O/c1-41-10-11-42(16-30(41)8-9-30)14-19-2-4-20(13-23(19)31(33,34)35)39-29(44)40-25-7-3-18(12-24(25)32)22-15-43(21-5-6-21)28-26(22)27(36)37-17-38-28/h2-4,7,12-13,15,17,21H,5-6,8-11,14,16H2,1H3,(H2,36,37,38)(H2,39,40,44). The lowest BCUT2D eigenvalue weighted by Crippen LogP contribution is -2.52. The summed E-state index contributed by atoms with van der Waals surface area (Å²) in [6.07, 6.45) is 2.83. The highest BCUT2D eigenvalue weighted by atomic mass is 19.4. The first kappa shape index (κ1) is 28.5. The number of nitrogens with two attached hydrogens (primary N) is 1. The lowest BCUT2D eigenvalue weighted by molar-refractivity contribution is -0.138. The molecule has 0 bridgehead atoms. The van der Waals surface area contributed by atoms with Crippen molar-refractivity contribution in [2.75, 3.05) is 43.0 Å². The van der Waals surface area contributed by atoms with Crippen LogP contribution in [0.5, 0.6) is 0 Å². The highest BCUT2D eigenvalue weighted by Crippen LogP contribution is 2.44. The number of nitrogen functional groups attached to an aromatic ring is 1. The van der Waals surface area contributed by atoms with E-state index in [4.69, 9.17) is 5.73 Å². The number of halogens is 4.